The van der Waals surface area contributed by atoms with Crippen LogP contribution in [-0.4, -0.2) is 37.2 Å². The zero-order valence-corrected chi connectivity index (χ0v) is 10.8. The van der Waals surface area contributed by atoms with Crippen LogP contribution >= 0.6 is 0 Å². The third-order valence-electron chi connectivity index (χ3n) is 3.66. The summed E-state index contributed by atoms with van der Waals surface area (Å²) in [5.74, 6) is 0.570. The predicted molar refractivity (Wildman–Crippen MR) is 65.1 cm³/mol. The molecule has 1 heterocycles. The molecular weight excluding hydrogens is 200 g/mol. The predicted octanol–water partition coefficient (Wildman–Crippen LogP) is 2.43. The van der Waals surface area contributed by atoms with Crippen molar-refractivity contribution in [2.24, 2.45) is 5.92 Å². The van der Waals surface area contributed by atoms with Crippen LogP contribution in [-0.2, 0) is 4.74 Å². The zero-order chi connectivity index (χ0) is 12.0. The van der Waals surface area contributed by atoms with Gasteiger partial charge in [-0.3, -0.25) is 4.90 Å². The molecule has 1 aliphatic heterocycles. The van der Waals surface area contributed by atoms with Crippen LogP contribution in [0.25, 0.3) is 0 Å². The van der Waals surface area contributed by atoms with Gasteiger partial charge in [0.1, 0.15) is 0 Å². The molecule has 16 heavy (non-hydrogen) atoms. The molecule has 1 aliphatic rings. The lowest BCUT2D eigenvalue weighted by Gasteiger charge is -2.45. The summed E-state index contributed by atoms with van der Waals surface area (Å²) < 4.78 is 5.10. The van der Waals surface area contributed by atoms with Crippen LogP contribution in [0.1, 0.15) is 39.5 Å². The number of likely N-dealkylation sites (tertiary alicyclic amines) is 1. The SMILES string of the molecule is COCCCN1CC(CC#N)CCC1(C)C. The van der Waals surface area contributed by atoms with E-state index in [0.717, 1.165) is 26.1 Å². The van der Waals surface area contributed by atoms with Crippen LogP contribution < -0.4 is 0 Å². The fourth-order valence-electron chi connectivity index (χ4n) is 2.45. The van der Waals surface area contributed by atoms with E-state index < -0.39 is 0 Å². The van der Waals surface area contributed by atoms with E-state index >= 15 is 0 Å². The summed E-state index contributed by atoms with van der Waals surface area (Å²) in [5.41, 5.74) is 0.291. The van der Waals surface area contributed by atoms with Crippen molar-refractivity contribution in [2.75, 3.05) is 26.8 Å². The van der Waals surface area contributed by atoms with E-state index in [1.165, 1.54) is 12.8 Å². The monoisotopic (exact) mass is 224 g/mol. The first kappa shape index (κ1) is 13.5. The molecule has 0 saturated carbocycles. The highest BCUT2D eigenvalue weighted by molar-refractivity contribution is 4.91. The number of piperidine rings is 1. The van der Waals surface area contributed by atoms with Gasteiger partial charge in [0, 0.05) is 38.8 Å². The van der Waals surface area contributed by atoms with Gasteiger partial charge in [0.2, 0.25) is 0 Å². The van der Waals surface area contributed by atoms with E-state index in [1.807, 2.05) is 0 Å². The van der Waals surface area contributed by atoms with Gasteiger partial charge in [0.05, 0.1) is 6.07 Å². The molecular formula is C13H24N2O. The van der Waals surface area contributed by atoms with Crippen LogP contribution in [0.15, 0.2) is 0 Å². The number of nitriles is 1. The van der Waals surface area contributed by atoms with Gasteiger partial charge in [-0.25, -0.2) is 0 Å². The summed E-state index contributed by atoms with van der Waals surface area (Å²) in [5, 5.41) is 8.76. The second-order valence-electron chi connectivity index (χ2n) is 5.37. The largest absolute Gasteiger partial charge is 0.385 e. The number of methoxy groups -OCH3 is 1. The van der Waals surface area contributed by atoms with E-state index in [0.29, 0.717) is 17.9 Å². The lowest BCUT2D eigenvalue weighted by Crippen LogP contribution is -2.50. The first-order valence-corrected chi connectivity index (χ1v) is 6.21. The summed E-state index contributed by atoms with van der Waals surface area (Å²) in [6, 6.07) is 2.30. The Hall–Kier alpha value is -0.590. The molecule has 1 unspecified atom stereocenters. The second kappa shape index (κ2) is 6.22. The minimum atomic E-state index is 0.291. The minimum Gasteiger partial charge on any atom is -0.385 e. The summed E-state index contributed by atoms with van der Waals surface area (Å²) in [7, 11) is 1.75. The number of ether oxygens (including phenoxy) is 1. The van der Waals surface area contributed by atoms with Crippen molar-refractivity contribution in [1.82, 2.24) is 4.90 Å². The Balaban J connectivity index is 2.45. The highest BCUT2D eigenvalue weighted by Crippen LogP contribution is 2.31. The molecule has 0 amide bonds. The first-order chi connectivity index (χ1) is 7.60. The highest BCUT2D eigenvalue weighted by Gasteiger charge is 2.33. The summed E-state index contributed by atoms with van der Waals surface area (Å²) in [6.45, 7) is 7.60. The molecule has 1 fully saturated rings. The average Bonchev–Trinajstić information content (AvgIpc) is 2.23. The third kappa shape index (κ3) is 3.77. The van der Waals surface area contributed by atoms with Gasteiger partial charge in [-0.05, 0) is 39.0 Å². The zero-order valence-electron chi connectivity index (χ0n) is 10.8. The fraction of sp³-hybridized carbons (Fsp3) is 0.923. The van der Waals surface area contributed by atoms with Gasteiger partial charge in [-0.15, -0.1) is 0 Å². The summed E-state index contributed by atoms with van der Waals surface area (Å²) in [4.78, 5) is 2.53. The van der Waals surface area contributed by atoms with E-state index in [4.69, 9.17) is 10.00 Å². The van der Waals surface area contributed by atoms with Crippen molar-refractivity contribution in [3.63, 3.8) is 0 Å². The Morgan fingerprint density at radius 3 is 2.88 bits per heavy atom. The first-order valence-electron chi connectivity index (χ1n) is 6.21. The summed E-state index contributed by atoms with van der Waals surface area (Å²) >= 11 is 0. The van der Waals surface area contributed by atoms with Crippen molar-refractivity contribution in [2.45, 2.75) is 45.1 Å². The molecule has 0 bridgehead atoms. The Morgan fingerprint density at radius 2 is 2.25 bits per heavy atom. The molecule has 1 saturated heterocycles. The van der Waals surface area contributed by atoms with Gasteiger partial charge < -0.3 is 4.74 Å². The van der Waals surface area contributed by atoms with Crippen molar-refractivity contribution in [3.8, 4) is 6.07 Å². The van der Waals surface area contributed by atoms with Crippen LogP contribution in [0.5, 0.6) is 0 Å². The number of nitrogens with zero attached hydrogens (tertiary/aromatic N) is 2. The van der Waals surface area contributed by atoms with Gasteiger partial charge in [-0.1, -0.05) is 0 Å². The Labute approximate surface area is 99.4 Å². The van der Waals surface area contributed by atoms with E-state index in [2.05, 4.69) is 24.8 Å². The molecule has 1 atom stereocenters. The minimum absolute atomic E-state index is 0.291. The molecule has 1 rings (SSSR count). The highest BCUT2D eigenvalue weighted by atomic mass is 16.5. The lowest BCUT2D eigenvalue weighted by molar-refractivity contribution is 0.0386. The van der Waals surface area contributed by atoms with Gasteiger partial charge in [-0.2, -0.15) is 5.26 Å². The average molecular weight is 224 g/mol. The molecule has 0 aromatic carbocycles. The Kier molecular flexibility index (Phi) is 5.24. The molecule has 92 valence electrons. The standard InChI is InChI=1S/C13H24N2O/c1-13(2)7-5-12(6-8-14)11-15(13)9-4-10-16-3/h12H,4-7,9-11H2,1-3H3. The number of hydrogen-bond donors (Lipinski definition) is 0. The van der Waals surface area contributed by atoms with Crippen molar-refractivity contribution >= 4 is 0 Å². The van der Waals surface area contributed by atoms with Crippen molar-refractivity contribution < 1.29 is 4.74 Å². The molecule has 0 spiro atoms. The van der Waals surface area contributed by atoms with Crippen LogP contribution in [0, 0.1) is 17.2 Å². The van der Waals surface area contributed by atoms with Crippen LogP contribution in [0.2, 0.25) is 0 Å². The summed E-state index contributed by atoms with van der Waals surface area (Å²) in [6.07, 6.45) is 4.18. The second-order valence-corrected chi connectivity index (χ2v) is 5.37. The Morgan fingerprint density at radius 1 is 1.50 bits per heavy atom. The van der Waals surface area contributed by atoms with Gasteiger partial charge in [0.15, 0.2) is 0 Å². The van der Waals surface area contributed by atoms with Crippen molar-refractivity contribution in [3.05, 3.63) is 0 Å². The van der Waals surface area contributed by atoms with Crippen molar-refractivity contribution in [1.29, 1.82) is 5.26 Å². The fourth-order valence-corrected chi connectivity index (χ4v) is 2.45. The third-order valence-corrected chi connectivity index (χ3v) is 3.66. The van der Waals surface area contributed by atoms with Gasteiger partial charge >= 0.3 is 0 Å². The van der Waals surface area contributed by atoms with Crippen LogP contribution in [0.4, 0.5) is 0 Å². The van der Waals surface area contributed by atoms with E-state index in [-0.39, 0.29) is 0 Å². The maximum absolute atomic E-state index is 8.76. The molecule has 0 aromatic heterocycles. The molecule has 0 aromatic rings. The molecule has 0 aliphatic carbocycles. The topological polar surface area (TPSA) is 36.3 Å². The Bertz CT molecular complexity index is 245. The number of hydrogen-bond acceptors (Lipinski definition) is 3. The lowest BCUT2D eigenvalue weighted by atomic mass is 9.83. The number of rotatable bonds is 5. The van der Waals surface area contributed by atoms with E-state index in [1.54, 1.807) is 7.11 Å². The van der Waals surface area contributed by atoms with E-state index in [9.17, 15) is 0 Å². The maximum atomic E-state index is 8.76. The quantitative estimate of drug-likeness (QED) is 0.673. The molecule has 0 radical (unpaired) electrons. The maximum Gasteiger partial charge on any atom is 0.0625 e. The molecule has 3 heteroatoms. The normalized spacial score (nSPS) is 25.2. The molecule has 0 N–H and O–H groups in total. The molecule has 3 nitrogen and oxygen atoms in total. The smallest absolute Gasteiger partial charge is 0.0625 e. The van der Waals surface area contributed by atoms with Gasteiger partial charge in [0.25, 0.3) is 0 Å². The van der Waals surface area contributed by atoms with Crippen LogP contribution in [0.3, 0.4) is 0 Å².